The molecule has 0 bridgehead atoms. The molecule has 1 aromatic carbocycles. The molecule has 2 heterocycles. The number of nitrogens with zero attached hydrogens (tertiary/aromatic N) is 3. The number of hydrogen-bond acceptors (Lipinski definition) is 5. The molecule has 2 aliphatic heterocycles. The summed E-state index contributed by atoms with van der Waals surface area (Å²) in [5.41, 5.74) is 2.02. The first-order valence-corrected chi connectivity index (χ1v) is 14.0. The topological polar surface area (TPSA) is 94.1 Å². The lowest BCUT2D eigenvalue weighted by Crippen LogP contribution is -2.49. The number of halogens is 1. The summed E-state index contributed by atoms with van der Waals surface area (Å²) >= 11 is 0. The number of hydrogen-bond donors (Lipinski definition) is 2. The largest absolute Gasteiger partial charge is 0.337 e. The van der Waals surface area contributed by atoms with Gasteiger partial charge in [0.2, 0.25) is 10.0 Å². The quantitative estimate of drug-likeness (QED) is 0.507. The molecule has 0 saturated carbocycles. The maximum atomic E-state index is 13.3. The predicted molar refractivity (Wildman–Crippen MR) is 136 cm³/mol. The van der Waals surface area contributed by atoms with Crippen LogP contribution < -0.4 is 10.6 Å². The fourth-order valence-electron chi connectivity index (χ4n) is 4.69. The van der Waals surface area contributed by atoms with Crippen LogP contribution in [0, 0.1) is 5.82 Å². The number of piperidine rings is 1. The lowest BCUT2D eigenvalue weighted by Gasteiger charge is -2.37. The summed E-state index contributed by atoms with van der Waals surface area (Å²) in [7, 11) is -3.68. The van der Waals surface area contributed by atoms with Crippen molar-refractivity contribution in [3.8, 4) is 0 Å². The van der Waals surface area contributed by atoms with Crippen molar-refractivity contribution in [2.75, 3.05) is 32.7 Å². The lowest BCUT2D eigenvalue weighted by atomic mass is 10.0. The minimum atomic E-state index is -3.68. The van der Waals surface area contributed by atoms with E-state index in [0.717, 1.165) is 50.2 Å². The number of likely N-dealkylation sites (tertiary alicyclic amines) is 1. The lowest BCUT2D eigenvalue weighted by molar-refractivity contribution is 0.159. The van der Waals surface area contributed by atoms with Crippen LogP contribution in [0.5, 0.6) is 0 Å². The summed E-state index contributed by atoms with van der Waals surface area (Å²) in [5.74, 6) is -0.452. The number of aliphatic imine (C=N–C) groups is 1. The van der Waals surface area contributed by atoms with Gasteiger partial charge in [0.1, 0.15) is 5.82 Å². The third-order valence-corrected chi connectivity index (χ3v) is 8.47. The van der Waals surface area contributed by atoms with Gasteiger partial charge in [-0.25, -0.2) is 17.6 Å². The summed E-state index contributed by atoms with van der Waals surface area (Å²) in [4.78, 5) is 19.2. The van der Waals surface area contributed by atoms with Crippen molar-refractivity contribution in [2.45, 2.75) is 69.9 Å². The Morgan fingerprint density at radius 3 is 2.51 bits per heavy atom. The third kappa shape index (κ3) is 7.59. The molecule has 8 nitrogen and oxygen atoms in total. The second-order valence-corrected chi connectivity index (χ2v) is 11.1. The van der Waals surface area contributed by atoms with E-state index in [9.17, 15) is 17.6 Å². The van der Waals surface area contributed by atoms with Crippen molar-refractivity contribution in [3.05, 3.63) is 41.9 Å². The van der Waals surface area contributed by atoms with Crippen molar-refractivity contribution in [2.24, 2.45) is 4.99 Å². The summed E-state index contributed by atoms with van der Waals surface area (Å²) in [6.07, 6.45) is 5.74. The van der Waals surface area contributed by atoms with Gasteiger partial charge in [-0.2, -0.15) is 4.31 Å². The zero-order valence-corrected chi connectivity index (χ0v) is 21.8. The van der Waals surface area contributed by atoms with E-state index in [-0.39, 0.29) is 23.0 Å². The molecule has 35 heavy (non-hydrogen) atoms. The normalized spacial score (nSPS) is 19.9. The molecular weight excluding hydrogens is 469 g/mol. The van der Waals surface area contributed by atoms with Gasteiger partial charge in [-0.1, -0.05) is 13.8 Å². The minimum Gasteiger partial charge on any atom is -0.337 e. The molecule has 0 spiro atoms. The molecule has 1 saturated heterocycles. The van der Waals surface area contributed by atoms with E-state index >= 15 is 0 Å². The maximum absolute atomic E-state index is 13.3. The van der Waals surface area contributed by atoms with Crippen molar-refractivity contribution < 1.29 is 17.6 Å². The first-order chi connectivity index (χ1) is 16.7. The second-order valence-electron chi connectivity index (χ2n) is 9.19. The number of allylic oxidation sites excluding steroid dienone is 1. The molecule has 2 N–H and O–H groups in total. The number of urea groups is 1. The Bertz CT molecular complexity index is 1020. The first kappa shape index (κ1) is 27.3. The van der Waals surface area contributed by atoms with Gasteiger partial charge in [0.05, 0.1) is 10.9 Å². The number of nitrogens with one attached hydrogen (secondary N) is 2. The Balaban J connectivity index is 1.45. The molecule has 0 radical (unpaired) electrons. The van der Waals surface area contributed by atoms with Gasteiger partial charge in [-0.15, -0.1) is 0 Å². The van der Waals surface area contributed by atoms with E-state index in [1.807, 2.05) is 19.9 Å². The highest BCUT2D eigenvalue weighted by Crippen LogP contribution is 2.25. The monoisotopic (exact) mass is 507 g/mol. The van der Waals surface area contributed by atoms with Crippen LogP contribution in [-0.2, 0) is 10.0 Å². The fourth-order valence-corrected chi connectivity index (χ4v) is 6.47. The van der Waals surface area contributed by atoms with E-state index in [1.165, 1.54) is 24.3 Å². The molecule has 0 aromatic heterocycles. The van der Waals surface area contributed by atoms with Gasteiger partial charge in [-0.3, -0.25) is 4.99 Å². The number of carbonyl (C=O) groups is 1. The molecule has 1 fully saturated rings. The van der Waals surface area contributed by atoms with Gasteiger partial charge in [0.25, 0.3) is 0 Å². The van der Waals surface area contributed by atoms with Gasteiger partial charge in [-0.05, 0) is 76.0 Å². The number of benzene rings is 1. The molecule has 2 amide bonds. The third-order valence-electron chi connectivity index (χ3n) is 6.50. The average molecular weight is 508 g/mol. The maximum Gasteiger partial charge on any atom is 0.315 e. The molecule has 10 heteroatoms. The Kier molecular flexibility index (Phi) is 9.82. The Morgan fingerprint density at radius 1 is 1.20 bits per heavy atom. The average Bonchev–Trinajstić information content (AvgIpc) is 2.83. The Labute approximate surface area is 208 Å². The Morgan fingerprint density at radius 2 is 1.89 bits per heavy atom. The molecule has 0 aliphatic carbocycles. The molecule has 3 rings (SSSR count). The summed E-state index contributed by atoms with van der Waals surface area (Å²) in [5, 5.41) is 5.93. The second kappa shape index (κ2) is 12.6. The summed E-state index contributed by atoms with van der Waals surface area (Å²) in [6, 6.07) is 4.72. The zero-order valence-electron chi connectivity index (χ0n) is 21.0. The Hall–Kier alpha value is -2.30. The van der Waals surface area contributed by atoms with Crippen molar-refractivity contribution in [1.29, 1.82) is 0 Å². The number of carbonyl (C=O) groups excluding carboxylic acids is 1. The van der Waals surface area contributed by atoms with Gasteiger partial charge in [0, 0.05) is 43.5 Å². The SMILES string of the molecule is CCCN(C1CCN(CCNC(=O)NC2C=C(C)N=C(CC)C2)CC1)S(=O)(=O)c1ccc(F)cc1. The van der Waals surface area contributed by atoms with Gasteiger partial charge < -0.3 is 15.5 Å². The molecule has 1 unspecified atom stereocenters. The van der Waals surface area contributed by atoms with Crippen LogP contribution in [-0.4, -0.2) is 74.2 Å². The van der Waals surface area contributed by atoms with E-state index in [0.29, 0.717) is 26.1 Å². The molecule has 1 aromatic rings. The van der Waals surface area contributed by atoms with Crippen LogP contribution in [0.2, 0.25) is 0 Å². The highest BCUT2D eigenvalue weighted by molar-refractivity contribution is 7.89. The standard InChI is InChI=1S/C25H38FN5O3S/c1-4-13-31(35(33,34)24-8-6-20(26)7-9-24)23-10-14-30(15-11-23)16-12-27-25(32)29-22-17-19(3)28-21(5-2)18-22/h6-9,17,22-23H,4-5,10-16,18H2,1-3H3,(H2,27,29,32). The number of amides is 2. The van der Waals surface area contributed by atoms with Crippen LogP contribution in [0.4, 0.5) is 9.18 Å². The van der Waals surface area contributed by atoms with Crippen molar-refractivity contribution >= 4 is 21.8 Å². The van der Waals surface area contributed by atoms with Crippen LogP contribution in [0.3, 0.4) is 0 Å². The van der Waals surface area contributed by atoms with Gasteiger partial charge in [0.15, 0.2) is 0 Å². The number of rotatable bonds is 10. The van der Waals surface area contributed by atoms with Gasteiger partial charge >= 0.3 is 6.03 Å². The molecule has 1 atom stereocenters. The molecular formula is C25H38FN5O3S. The molecule has 2 aliphatic rings. The van der Waals surface area contributed by atoms with Crippen molar-refractivity contribution in [3.63, 3.8) is 0 Å². The van der Waals surface area contributed by atoms with Crippen LogP contribution in [0.1, 0.15) is 52.9 Å². The zero-order chi connectivity index (χ0) is 25.4. The highest BCUT2D eigenvalue weighted by atomic mass is 32.2. The molecule has 194 valence electrons. The smallest absolute Gasteiger partial charge is 0.315 e. The minimum absolute atomic E-state index is 0.0363. The first-order valence-electron chi connectivity index (χ1n) is 12.5. The van der Waals surface area contributed by atoms with E-state index < -0.39 is 15.8 Å². The number of sulfonamides is 1. The highest BCUT2D eigenvalue weighted by Gasteiger charge is 2.33. The van der Waals surface area contributed by atoms with Crippen LogP contribution in [0.15, 0.2) is 45.9 Å². The van der Waals surface area contributed by atoms with E-state index in [4.69, 9.17) is 0 Å². The van der Waals surface area contributed by atoms with Crippen molar-refractivity contribution in [1.82, 2.24) is 19.8 Å². The fraction of sp³-hybridized carbons (Fsp3) is 0.600. The van der Waals surface area contributed by atoms with Crippen LogP contribution >= 0.6 is 0 Å². The van der Waals surface area contributed by atoms with E-state index in [1.54, 1.807) is 4.31 Å². The summed E-state index contributed by atoms with van der Waals surface area (Å²) in [6.45, 7) is 9.15. The van der Waals surface area contributed by atoms with E-state index in [2.05, 4.69) is 27.4 Å². The summed E-state index contributed by atoms with van der Waals surface area (Å²) < 4.78 is 41.3. The predicted octanol–water partition coefficient (Wildman–Crippen LogP) is 3.52. The van der Waals surface area contributed by atoms with Crippen LogP contribution in [0.25, 0.3) is 0 Å².